The van der Waals surface area contributed by atoms with Gasteiger partial charge in [-0.2, -0.15) is 0 Å². The summed E-state index contributed by atoms with van der Waals surface area (Å²) in [5.41, 5.74) is -0.791. The summed E-state index contributed by atoms with van der Waals surface area (Å²) in [4.78, 5) is 52.5. The molecule has 0 bridgehead atoms. The molecular formula is C23H21ClN2O7. The van der Waals surface area contributed by atoms with E-state index in [9.17, 15) is 19.2 Å². The van der Waals surface area contributed by atoms with E-state index in [0.717, 1.165) is 0 Å². The van der Waals surface area contributed by atoms with Crippen LogP contribution in [-0.4, -0.2) is 35.9 Å². The van der Waals surface area contributed by atoms with Gasteiger partial charge in [-0.15, -0.1) is 0 Å². The first kappa shape index (κ1) is 23.8. The van der Waals surface area contributed by atoms with Crippen LogP contribution in [0.25, 0.3) is 10.9 Å². The number of halogens is 1. The van der Waals surface area contributed by atoms with E-state index in [1.165, 1.54) is 35.9 Å². The Balaban J connectivity index is 2.28. The standard InChI is InChI=1S/C23H21ClN2O7/c1-4-31-22(29)26(15-12-10-14(24)11-13-15)21(28)18-19(33-23(30)32-5-2)16-8-6-7-9-17(16)25(3)20(18)27/h6-13H,4-5H2,1-3H3. The van der Waals surface area contributed by atoms with Crippen LogP contribution in [0.4, 0.5) is 15.3 Å². The number of hydrogen-bond donors (Lipinski definition) is 0. The molecule has 0 atom stereocenters. The number of para-hydroxylation sites is 1. The number of ether oxygens (including phenoxy) is 3. The van der Waals surface area contributed by atoms with Crippen LogP contribution >= 0.6 is 11.6 Å². The fourth-order valence-corrected chi connectivity index (χ4v) is 3.31. The summed E-state index contributed by atoms with van der Waals surface area (Å²) >= 11 is 5.93. The van der Waals surface area contributed by atoms with Gasteiger partial charge in [-0.25, -0.2) is 14.5 Å². The maximum Gasteiger partial charge on any atom is 0.513 e. The molecule has 9 nitrogen and oxygen atoms in total. The predicted octanol–water partition coefficient (Wildman–Crippen LogP) is 4.53. The number of aromatic nitrogens is 1. The highest BCUT2D eigenvalue weighted by Gasteiger charge is 2.33. The van der Waals surface area contributed by atoms with Crippen LogP contribution < -0.4 is 15.2 Å². The quantitative estimate of drug-likeness (QED) is 0.502. The molecule has 1 aromatic heterocycles. The second-order valence-corrected chi connectivity index (χ2v) is 7.12. The second-order valence-electron chi connectivity index (χ2n) is 6.69. The Kier molecular flexibility index (Phi) is 7.34. The number of carbonyl (C=O) groups is 3. The van der Waals surface area contributed by atoms with Gasteiger partial charge in [-0.05, 0) is 50.2 Å². The number of carbonyl (C=O) groups excluding carboxylic acids is 3. The van der Waals surface area contributed by atoms with E-state index in [1.54, 1.807) is 38.1 Å². The molecule has 0 aliphatic carbocycles. The Bertz CT molecular complexity index is 1270. The Labute approximate surface area is 194 Å². The lowest BCUT2D eigenvalue weighted by molar-refractivity contribution is 0.0952. The molecule has 10 heteroatoms. The van der Waals surface area contributed by atoms with Gasteiger partial charge in [0.2, 0.25) is 0 Å². The van der Waals surface area contributed by atoms with Crippen molar-refractivity contribution in [1.29, 1.82) is 0 Å². The van der Waals surface area contributed by atoms with E-state index in [2.05, 4.69) is 0 Å². The summed E-state index contributed by atoms with van der Waals surface area (Å²) in [5.74, 6) is -1.36. The first-order chi connectivity index (χ1) is 15.8. The van der Waals surface area contributed by atoms with Gasteiger partial charge in [0.15, 0.2) is 5.75 Å². The number of aryl methyl sites for hydroxylation is 1. The van der Waals surface area contributed by atoms with Crippen molar-refractivity contribution in [2.45, 2.75) is 13.8 Å². The highest BCUT2D eigenvalue weighted by atomic mass is 35.5. The van der Waals surface area contributed by atoms with Gasteiger partial charge in [0.25, 0.3) is 11.5 Å². The summed E-state index contributed by atoms with van der Waals surface area (Å²) in [6.45, 7) is 3.16. The number of benzene rings is 2. The van der Waals surface area contributed by atoms with Crippen LogP contribution in [0.3, 0.4) is 0 Å². The third-order valence-corrected chi connectivity index (χ3v) is 4.91. The normalized spacial score (nSPS) is 10.5. The monoisotopic (exact) mass is 472 g/mol. The molecule has 0 fully saturated rings. The lowest BCUT2D eigenvalue weighted by atomic mass is 10.1. The predicted molar refractivity (Wildman–Crippen MR) is 122 cm³/mol. The van der Waals surface area contributed by atoms with Crippen molar-refractivity contribution < 1.29 is 28.6 Å². The molecule has 0 spiro atoms. The summed E-state index contributed by atoms with van der Waals surface area (Å²) < 4.78 is 16.4. The smallest absolute Gasteiger partial charge is 0.449 e. The molecule has 2 aromatic carbocycles. The van der Waals surface area contributed by atoms with Gasteiger partial charge in [0, 0.05) is 17.5 Å². The third-order valence-electron chi connectivity index (χ3n) is 4.66. The first-order valence-corrected chi connectivity index (χ1v) is 10.4. The van der Waals surface area contributed by atoms with Crippen LogP contribution in [0, 0.1) is 0 Å². The Morgan fingerprint density at radius 1 is 0.970 bits per heavy atom. The largest absolute Gasteiger partial charge is 0.513 e. The summed E-state index contributed by atoms with van der Waals surface area (Å²) in [7, 11) is 1.46. The molecule has 0 unspecified atom stereocenters. The molecule has 0 aliphatic rings. The zero-order chi connectivity index (χ0) is 24.1. The minimum Gasteiger partial charge on any atom is -0.449 e. The van der Waals surface area contributed by atoms with Gasteiger partial charge >= 0.3 is 12.2 Å². The molecule has 0 radical (unpaired) electrons. The molecule has 0 saturated carbocycles. The number of pyridine rings is 1. The molecule has 33 heavy (non-hydrogen) atoms. The number of anilines is 1. The topological polar surface area (TPSA) is 104 Å². The molecule has 2 amide bonds. The van der Waals surface area contributed by atoms with Crippen molar-refractivity contribution in [1.82, 2.24) is 4.57 Å². The maximum absolute atomic E-state index is 13.7. The van der Waals surface area contributed by atoms with Crippen molar-refractivity contribution in [3.05, 3.63) is 69.5 Å². The fourth-order valence-electron chi connectivity index (χ4n) is 3.19. The van der Waals surface area contributed by atoms with Gasteiger partial charge in [0.1, 0.15) is 5.56 Å². The van der Waals surface area contributed by atoms with E-state index in [1.807, 2.05) is 0 Å². The van der Waals surface area contributed by atoms with E-state index >= 15 is 0 Å². The zero-order valence-corrected chi connectivity index (χ0v) is 18.9. The number of hydrogen-bond acceptors (Lipinski definition) is 7. The molecule has 0 aliphatic heterocycles. The lowest BCUT2D eigenvalue weighted by Crippen LogP contribution is -2.41. The lowest BCUT2D eigenvalue weighted by Gasteiger charge is -2.22. The van der Waals surface area contributed by atoms with Crippen LogP contribution in [0.2, 0.25) is 5.02 Å². The van der Waals surface area contributed by atoms with Crippen molar-refractivity contribution in [3.8, 4) is 5.75 Å². The van der Waals surface area contributed by atoms with E-state index in [-0.39, 0.29) is 24.7 Å². The van der Waals surface area contributed by atoms with Crippen molar-refractivity contribution >= 4 is 46.3 Å². The van der Waals surface area contributed by atoms with Gasteiger partial charge in [0.05, 0.1) is 24.4 Å². The van der Waals surface area contributed by atoms with E-state index in [4.69, 9.17) is 25.8 Å². The van der Waals surface area contributed by atoms with Crippen molar-refractivity contribution in [2.24, 2.45) is 7.05 Å². The minimum atomic E-state index is -1.10. The average molecular weight is 473 g/mol. The zero-order valence-electron chi connectivity index (χ0n) is 18.2. The number of fused-ring (bicyclic) bond motifs is 1. The molecule has 0 N–H and O–H groups in total. The molecular weight excluding hydrogens is 452 g/mol. The van der Waals surface area contributed by atoms with Gasteiger partial charge in [-0.3, -0.25) is 9.59 Å². The van der Waals surface area contributed by atoms with E-state index < -0.39 is 29.3 Å². The summed E-state index contributed by atoms with van der Waals surface area (Å²) in [6.07, 6.45) is -2.11. The van der Waals surface area contributed by atoms with Crippen LogP contribution in [0.15, 0.2) is 53.3 Å². The van der Waals surface area contributed by atoms with Crippen molar-refractivity contribution in [3.63, 3.8) is 0 Å². The second kappa shape index (κ2) is 10.2. The average Bonchev–Trinajstić information content (AvgIpc) is 2.79. The molecule has 0 saturated heterocycles. The molecule has 3 rings (SSSR count). The molecule has 3 aromatic rings. The molecule has 1 heterocycles. The number of rotatable bonds is 5. The van der Waals surface area contributed by atoms with Crippen molar-refractivity contribution in [2.75, 3.05) is 18.1 Å². The first-order valence-electron chi connectivity index (χ1n) is 10.0. The SMILES string of the molecule is CCOC(=O)Oc1c(C(=O)N(C(=O)OCC)c2ccc(Cl)cc2)c(=O)n(C)c2ccccc12. The van der Waals surface area contributed by atoms with Crippen LogP contribution in [0.5, 0.6) is 5.75 Å². The van der Waals surface area contributed by atoms with E-state index in [0.29, 0.717) is 20.8 Å². The highest BCUT2D eigenvalue weighted by Crippen LogP contribution is 2.30. The number of imide groups is 1. The van der Waals surface area contributed by atoms with Crippen LogP contribution in [-0.2, 0) is 16.5 Å². The van der Waals surface area contributed by atoms with Crippen LogP contribution in [0.1, 0.15) is 24.2 Å². The number of amides is 2. The summed E-state index contributed by atoms with van der Waals surface area (Å²) in [6, 6.07) is 12.4. The molecule has 172 valence electrons. The third kappa shape index (κ3) is 4.83. The highest BCUT2D eigenvalue weighted by molar-refractivity contribution is 6.30. The maximum atomic E-state index is 13.7. The Hall–Kier alpha value is -3.85. The van der Waals surface area contributed by atoms with Gasteiger partial charge < -0.3 is 18.8 Å². The number of nitrogens with zero attached hydrogens (tertiary/aromatic N) is 2. The summed E-state index contributed by atoms with van der Waals surface area (Å²) in [5, 5.41) is 0.680. The Morgan fingerprint density at radius 2 is 1.61 bits per heavy atom. The van der Waals surface area contributed by atoms with Gasteiger partial charge in [-0.1, -0.05) is 23.7 Å². The minimum absolute atomic E-state index is 0.0158. The Morgan fingerprint density at radius 3 is 2.24 bits per heavy atom. The fraction of sp³-hybridized carbons (Fsp3) is 0.217.